The van der Waals surface area contributed by atoms with Crippen molar-refractivity contribution >= 4 is 17.8 Å². The topological polar surface area (TPSA) is 75.7 Å². The number of piperidine rings is 1. The summed E-state index contributed by atoms with van der Waals surface area (Å²) in [4.78, 5) is 39.2. The first-order valence-corrected chi connectivity index (χ1v) is 10.6. The number of amides is 2. The Morgan fingerprint density at radius 3 is 2.21 bits per heavy atom. The molecule has 2 aromatic carbocycles. The van der Waals surface area contributed by atoms with E-state index in [4.69, 9.17) is 4.74 Å². The third-order valence-electron chi connectivity index (χ3n) is 5.82. The van der Waals surface area contributed by atoms with E-state index in [2.05, 4.69) is 5.32 Å². The molecule has 0 saturated carbocycles. The lowest BCUT2D eigenvalue weighted by Gasteiger charge is -2.46. The molecule has 1 saturated heterocycles. The third-order valence-corrected chi connectivity index (χ3v) is 5.82. The number of hydrogen-bond donors (Lipinski definition) is 1. The zero-order chi connectivity index (χ0) is 24.1. The number of carbonyl (C=O) groups excluding carboxylic acids is 3. The van der Waals surface area contributed by atoms with Crippen LogP contribution >= 0.6 is 0 Å². The van der Waals surface area contributed by atoms with Gasteiger partial charge in [-0.3, -0.25) is 9.59 Å². The molecule has 0 spiro atoms. The Labute approximate surface area is 189 Å². The molecule has 1 aliphatic heterocycles. The summed E-state index contributed by atoms with van der Waals surface area (Å²) >= 11 is 0. The Hall–Kier alpha value is -3.36. The van der Waals surface area contributed by atoms with E-state index in [1.54, 1.807) is 48.5 Å². The zero-order valence-corrected chi connectivity index (χ0v) is 18.1. The summed E-state index contributed by atoms with van der Waals surface area (Å²) in [5.41, 5.74) is -0.924. The second kappa shape index (κ2) is 10.1. The summed E-state index contributed by atoms with van der Waals surface area (Å²) in [5, 5.41) is 2.59. The van der Waals surface area contributed by atoms with Gasteiger partial charge in [0.05, 0.1) is 7.11 Å². The molecule has 0 unspecified atom stereocenters. The number of nitrogens with one attached hydrogen (secondary N) is 1. The maximum Gasteiger partial charge on any atom is 0.471 e. The highest BCUT2D eigenvalue weighted by molar-refractivity contribution is 5.96. The first kappa shape index (κ1) is 24.3. The van der Waals surface area contributed by atoms with Crippen LogP contribution in [0.3, 0.4) is 0 Å². The highest BCUT2D eigenvalue weighted by Gasteiger charge is 2.55. The summed E-state index contributed by atoms with van der Waals surface area (Å²) in [7, 11) is 1.17. The Bertz CT molecular complexity index is 982. The number of rotatable bonds is 6. The molecule has 0 bridgehead atoms. The first-order valence-electron chi connectivity index (χ1n) is 10.6. The zero-order valence-electron chi connectivity index (χ0n) is 18.1. The number of benzene rings is 2. The lowest BCUT2D eigenvalue weighted by atomic mass is 9.79. The minimum Gasteiger partial charge on any atom is -0.467 e. The number of halogens is 3. The quantitative estimate of drug-likeness (QED) is 0.668. The molecular formula is C24H25F3N2O4. The predicted molar refractivity (Wildman–Crippen MR) is 114 cm³/mol. The first-order chi connectivity index (χ1) is 15.7. The van der Waals surface area contributed by atoms with E-state index in [-0.39, 0.29) is 24.9 Å². The van der Waals surface area contributed by atoms with Crippen LogP contribution in [0.25, 0.3) is 0 Å². The van der Waals surface area contributed by atoms with Crippen molar-refractivity contribution in [3.63, 3.8) is 0 Å². The van der Waals surface area contributed by atoms with Gasteiger partial charge >= 0.3 is 18.1 Å². The van der Waals surface area contributed by atoms with Gasteiger partial charge in [0.25, 0.3) is 5.91 Å². The average molecular weight is 462 g/mol. The molecule has 1 aliphatic rings. The number of hydrogen-bond acceptors (Lipinski definition) is 4. The SMILES string of the molecule is COC(=O)[C@H](Cc1ccccc1)NC(=O)[C@@]1(c2ccccc2)CCCCN1C(=O)C(F)(F)F. The van der Waals surface area contributed by atoms with E-state index in [1.165, 1.54) is 19.2 Å². The van der Waals surface area contributed by atoms with Crippen molar-refractivity contribution in [1.82, 2.24) is 10.2 Å². The van der Waals surface area contributed by atoms with E-state index >= 15 is 0 Å². The van der Waals surface area contributed by atoms with Crippen molar-refractivity contribution < 1.29 is 32.3 Å². The van der Waals surface area contributed by atoms with Crippen molar-refractivity contribution in [2.45, 2.75) is 43.4 Å². The highest BCUT2D eigenvalue weighted by Crippen LogP contribution is 2.40. The molecular weight excluding hydrogens is 437 g/mol. The van der Waals surface area contributed by atoms with Gasteiger partial charge < -0.3 is 15.0 Å². The molecule has 33 heavy (non-hydrogen) atoms. The van der Waals surface area contributed by atoms with Crippen molar-refractivity contribution in [2.24, 2.45) is 0 Å². The molecule has 9 heteroatoms. The summed E-state index contributed by atoms with van der Waals surface area (Å²) in [6, 6.07) is 15.6. The van der Waals surface area contributed by atoms with Crippen LogP contribution in [0.15, 0.2) is 60.7 Å². The van der Waals surface area contributed by atoms with Gasteiger partial charge in [0.1, 0.15) is 11.6 Å². The van der Waals surface area contributed by atoms with Crippen LogP contribution in [0.5, 0.6) is 0 Å². The summed E-state index contributed by atoms with van der Waals surface area (Å²) in [5.74, 6) is -3.67. The maximum atomic E-state index is 13.7. The van der Waals surface area contributed by atoms with E-state index in [9.17, 15) is 27.6 Å². The van der Waals surface area contributed by atoms with Gasteiger partial charge in [0, 0.05) is 13.0 Å². The summed E-state index contributed by atoms with van der Waals surface area (Å²) in [6.45, 7) is -0.234. The van der Waals surface area contributed by atoms with E-state index in [0.29, 0.717) is 17.7 Å². The number of methoxy groups -OCH3 is 1. The fourth-order valence-corrected chi connectivity index (χ4v) is 4.25. The molecule has 1 N–H and O–H groups in total. The second-order valence-corrected chi connectivity index (χ2v) is 7.88. The fraction of sp³-hybridized carbons (Fsp3) is 0.375. The lowest BCUT2D eigenvalue weighted by molar-refractivity contribution is -0.195. The summed E-state index contributed by atoms with van der Waals surface area (Å²) in [6.07, 6.45) is -4.32. The Morgan fingerprint density at radius 1 is 1.03 bits per heavy atom. The van der Waals surface area contributed by atoms with Crippen LogP contribution in [0.4, 0.5) is 13.2 Å². The molecule has 2 amide bonds. The standard InChI is InChI=1S/C24H25F3N2O4/c1-33-20(30)19(16-17-10-4-2-5-11-17)28-21(31)23(18-12-6-3-7-13-18)14-8-9-15-29(23)22(32)24(25,26)27/h2-7,10-13,19H,8-9,14-16H2,1H3,(H,28,31)/t19-,23-/m0/s1. The molecule has 0 aliphatic carbocycles. The van der Waals surface area contributed by atoms with E-state index in [0.717, 1.165) is 5.56 Å². The molecule has 1 heterocycles. The van der Waals surface area contributed by atoms with Gasteiger partial charge in [-0.1, -0.05) is 60.7 Å². The molecule has 0 aromatic heterocycles. The largest absolute Gasteiger partial charge is 0.471 e. The minimum atomic E-state index is -5.15. The van der Waals surface area contributed by atoms with E-state index in [1.807, 2.05) is 0 Å². The highest BCUT2D eigenvalue weighted by atomic mass is 19.4. The van der Waals surface area contributed by atoms with Gasteiger partial charge in [-0.05, 0) is 30.4 Å². The van der Waals surface area contributed by atoms with Crippen LogP contribution in [0.2, 0.25) is 0 Å². The predicted octanol–water partition coefficient (Wildman–Crippen LogP) is 3.36. The average Bonchev–Trinajstić information content (AvgIpc) is 2.83. The van der Waals surface area contributed by atoms with E-state index < -0.39 is 35.5 Å². The molecule has 6 nitrogen and oxygen atoms in total. The number of nitrogens with zero attached hydrogens (tertiary/aromatic N) is 1. The molecule has 2 aromatic rings. The number of esters is 1. The van der Waals surface area contributed by atoms with Gasteiger partial charge in [0.15, 0.2) is 0 Å². The lowest BCUT2D eigenvalue weighted by Crippen LogP contribution is -2.64. The summed E-state index contributed by atoms with van der Waals surface area (Å²) < 4.78 is 45.3. The van der Waals surface area contributed by atoms with Crippen molar-refractivity contribution in [3.05, 3.63) is 71.8 Å². The number of carbonyl (C=O) groups is 3. The van der Waals surface area contributed by atoms with Gasteiger partial charge in [-0.15, -0.1) is 0 Å². The molecule has 1 fully saturated rings. The Morgan fingerprint density at radius 2 is 1.64 bits per heavy atom. The molecule has 0 radical (unpaired) electrons. The third kappa shape index (κ3) is 5.18. The smallest absolute Gasteiger partial charge is 0.467 e. The minimum absolute atomic E-state index is 0.0100. The van der Waals surface area contributed by atoms with Gasteiger partial charge in [0.2, 0.25) is 0 Å². The van der Waals surface area contributed by atoms with Crippen LogP contribution < -0.4 is 5.32 Å². The number of likely N-dealkylation sites (tertiary alicyclic amines) is 1. The number of alkyl halides is 3. The van der Waals surface area contributed by atoms with Gasteiger partial charge in [-0.25, -0.2) is 4.79 Å². The molecule has 3 rings (SSSR count). The Balaban J connectivity index is 2.03. The monoisotopic (exact) mass is 462 g/mol. The van der Waals surface area contributed by atoms with Crippen molar-refractivity contribution in [3.8, 4) is 0 Å². The second-order valence-electron chi connectivity index (χ2n) is 7.88. The Kier molecular flexibility index (Phi) is 7.40. The van der Waals surface area contributed by atoms with Crippen LogP contribution in [-0.4, -0.2) is 48.6 Å². The molecule has 176 valence electrons. The van der Waals surface area contributed by atoms with Crippen LogP contribution in [0.1, 0.15) is 30.4 Å². The normalized spacial score (nSPS) is 19.5. The van der Waals surface area contributed by atoms with Gasteiger partial charge in [-0.2, -0.15) is 13.2 Å². The van der Waals surface area contributed by atoms with Crippen LogP contribution in [0, 0.1) is 0 Å². The molecule has 2 atom stereocenters. The maximum absolute atomic E-state index is 13.7. The van der Waals surface area contributed by atoms with Crippen molar-refractivity contribution in [1.29, 1.82) is 0 Å². The fourth-order valence-electron chi connectivity index (χ4n) is 4.25. The number of ether oxygens (including phenoxy) is 1. The van der Waals surface area contributed by atoms with Crippen molar-refractivity contribution in [2.75, 3.05) is 13.7 Å². The van der Waals surface area contributed by atoms with Crippen LogP contribution in [-0.2, 0) is 31.1 Å².